The van der Waals surface area contributed by atoms with Crippen molar-refractivity contribution in [3.8, 4) is 0 Å². The minimum Gasteiger partial charge on any atom is -0.480 e. The van der Waals surface area contributed by atoms with Crippen LogP contribution in [0.25, 0.3) is 0 Å². The lowest BCUT2D eigenvalue weighted by molar-refractivity contribution is -0.147. The Labute approximate surface area is 126 Å². The van der Waals surface area contributed by atoms with Crippen molar-refractivity contribution in [1.29, 1.82) is 0 Å². The Hall–Kier alpha value is -1.14. The Kier molecular flexibility index (Phi) is 6.61. The van der Waals surface area contributed by atoms with E-state index in [0.29, 0.717) is 12.8 Å². The molecule has 1 aliphatic carbocycles. The molecule has 1 fully saturated rings. The standard InChI is InChI=1S/C15H29N3O3/c1-10(2)18-15(14(20)21)9-5-7-11(15)6-4-8-12(17-3)13(16)19/h10-12,17-18H,4-9H2,1-3H3,(H2,16,19)(H,20,21). The minimum absolute atomic E-state index is 0.114. The lowest BCUT2D eigenvalue weighted by atomic mass is 9.82. The average molecular weight is 299 g/mol. The quantitative estimate of drug-likeness (QED) is 0.505. The number of carbonyl (C=O) groups is 2. The number of carbonyl (C=O) groups excluding carboxylic acids is 1. The van der Waals surface area contributed by atoms with E-state index < -0.39 is 11.5 Å². The zero-order chi connectivity index (χ0) is 16.0. The number of nitrogens with one attached hydrogen (secondary N) is 2. The molecule has 5 N–H and O–H groups in total. The molecule has 6 nitrogen and oxygen atoms in total. The summed E-state index contributed by atoms with van der Waals surface area (Å²) in [5, 5.41) is 15.8. The normalized spacial score (nSPS) is 27.0. The monoisotopic (exact) mass is 299 g/mol. The second-order valence-electron chi connectivity index (χ2n) is 6.34. The van der Waals surface area contributed by atoms with E-state index in [0.717, 1.165) is 25.7 Å². The third kappa shape index (κ3) is 4.41. The molecule has 0 bridgehead atoms. The summed E-state index contributed by atoms with van der Waals surface area (Å²) in [7, 11) is 1.72. The van der Waals surface area contributed by atoms with Crippen molar-refractivity contribution in [2.24, 2.45) is 11.7 Å². The zero-order valence-electron chi connectivity index (χ0n) is 13.3. The molecule has 1 aliphatic rings. The Morgan fingerprint density at radius 2 is 2.10 bits per heavy atom. The van der Waals surface area contributed by atoms with Crippen LogP contribution in [-0.2, 0) is 9.59 Å². The Morgan fingerprint density at radius 1 is 1.43 bits per heavy atom. The van der Waals surface area contributed by atoms with Crippen LogP contribution in [0.5, 0.6) is 0 Å². The predicted molar refractivity (Wildman–Crippen MR) is 81.9 cm³/mol. The van der Waals surface area contributed by atoms with Gasteiger partial charge in [0.15, 0.2) is 0 Å². The second-order valence-corrected chi connectivity index (χ2v) is 6.34. The highest BCUT2D eigenvalue weighted by Gasteiger charge is 2.48. The van der Waals surface area contributed by atoms with Gasteiger partial charge >= 0.3 is 5.97 Å². The minimum atomic E-state index is -0.809. The second kappa shape index (κ2) is 7.75. The van der Waals surface area contributed by atoms with Crippen molar-refractivity contribution < 1.29 is 14.7 Å². The smallest absolute Gasteiger partial charge is 0.324 e. The van der Waals surface area contributed by atoms with E-state index in [-0.39, 0.29) is 23.9 Å². The summed E-state index contributed by atoms with van der Waals surface area (Å²) in [4.78, 5) is 23.0. The summed E-state index contributed by atoms with van der Waals surface area (Å²) in [6.45, 7) is 3.95. The van der Waals surface area contributed by atoms with Crippen molar-refractivity contribution in [2.45, 2.75) is 70.0 Å². The molecule has 0 aromatic rings. The number of likely N-dealkylation sites (N-methyl/N-ethyl adjacent to an activating group) is 1. The highest BCUT2D eigenvalue weighted by molar-refractivity contribution is 5.80. The number of carboxylic acid groups (broad SMARTS) is 1. The molecular weight excluding hydrogens is 270 g/mol. The molecule has 21 heavy (non-hydrogen) atoms. The molecule has 0 aromatic carbocycles. The van der Waals surface area contributed by atoms with Crippen molar-refractivity contribution in [3.63, 3.8) is 0 Å². The fraction of sp³-hybridized carbons (Fsp3) is 0.867. The van der Waals surface area contributed by atoms with Crippen LogP contribution in [0.4, 0.5) is 0 Å². The van der Waals surface area contributed by atoms with Gasteiger partial charge in [0.05, 0.1) is 6.04 Å². The van der Waals surface area contributed by atoms with Crippen molar-refractivity contribution in [3.05, 3.63) is 0 Å². The molecule has 0 aromatic heterocycles. The van der Waals surface area contributed by atoms with Crippen LogP contribution in [0.1, 0.15) is 52.4 Å². The molecule has 1 saturated carbocycles. The highest BCUT2D eigenvalue weighted by atomic mass is 16.4. The van der Waals surface area contributed by atoms with Gasteiger partial charge in [0.25, 0.3) is 0 Å². The molecule has 6 heteroatoms. The van der Waals surface area contributed by atoms with Gasteiger partial charge in [0, 0.05) is 6.04 Å². The van der Waals surface area contributed by atoms with Gasteiger partial charge in [-0.2, -0.15) is 0 Å². The third-order valence-corrected chi connectivity index (χ3v) is 4.49. The molecule has 1 rings (SSSR count). The highest BCUT2D eigenvalue weighted by Crippen LogP contribution is 2.39. The summed E-state index contributed by atoms with van der Waals surface area (Å²) in [5.74, 6) is -0.990. The van der Waals surface area contributed by atoms with Gasteiger partial charge in [-0.25, -0.2) is 0 Å². The van der Waals surface area contributed by atoms with Gasteiger partial charge in [-0.15, -0.1) is 0 Å². The maximum absolute atomic E-state index is 11.8. The number of nitrogens with two attached hydrogens (primary N) is 1. The first kappa shape index (κ1) is 17.9. The number of rotatable bonds is 9. The number of primary amides is 1. The van der Waals surface area contributed by atoms with Crippen molar-refractivity contribution in [2.75, 3.05) is 7.05 Å². The van der Waals surface area contributed by atoms with Crippen molar-refractivity contribution in [1.82, 2.24) is 10.6 Å². The molecule has 3 atom stereocenters. The maximum Gasteiger partial charge on any atom is 0.324 e. The van der Waals surface area contributed by atoms with Gasteiger partial charge in [0.1, 0.15) is 5.54 Å². The van der Waals surface area contributed by atoms with Gasteiger partial charge in [-0.3, -0.25) is 14.9 Å². The molecular formula is C15H29N3O3. The van der Waals surface area contributed by atoms with Gasteiger partial charge in [0.2, 0.25) is 5.91 Å². The first-order valence-corrected chi connectivity index (χ1v) is 7.81. The van der Waals surface area contributed by atoms with Crippen LogP contribution >= 0.6 is 0 Å². The summed E-state index contributed by atoms with van der Waals surface area (Å²) in [5.41, 5.74) is 4.49. The maximum atomic E-state index is 11.8. The number of aliphatic carboxylic acids is 1. The average Bonchev–Trinajstić information content (AvgIpc) is 2.77. The molecule has 0 heterocycles. The van der Waals surface area contributed by atoms with E-state index in [4.69, 9.17) is 5.73 Å². The fourth-order valence-corrected chi connectivity index (χ4v) is 3.51. The Balaban J connectivity index is 2.63. The molecule has 122 valence electrons. The van der Waals surface area contributed by atoms with Gasteiger partial charge < -0.3 is 16.2 Å². The van der Waals surface area contributed by atoms with E-state index in [1.165, 1.54) is 0 Å². The molecule has 3 unspecified atom stereocenters. The lowest BCUT2D eigenvalue weighted by Crippen LogP contribution is -2.57. The number of amides is 1. The molecule has 0 aliphatic heterocycles. The summed E-state index contributed by atoms with van der Waals surface area (Å²) in [6, 6.07) is -0.193. The van der Waals surface area contributed by atoms with Crippen LogP contribution in [0.3, 0.4) is 0 Å². The van der Waals surface area contributed by atoms with Crippen molar-refractivity contribution >= 4 is 11.9 Å². The topological polar surface area (TPSA) is 104 Å². The number of hydrogen-bond acceptors (Lipinski definition) is 4. The van der Waals surface area contributed by atoms with Crippen LogP contribution in [0.15, 0.2) is 0 Å². The van der Waals surface area contributed by atoms with Crippen LogP contribution < -0.4 is 16.4 Å². The first-order chi connectivity index (χ1) is 9.83. The van der Waals surface area contributed by atoms with Crippen LogP contribution in [0, 0.1) is 5.92 Å². The summed E-state index contributed by atoms with van der Waals surface area (Å²) >= 11 is 0. The lowest BCUT2D eigenvalue weighted by Gasteiger charge is -2.34. The van der Waals surface area contributed by atoms with E-state index in [9.17, 15) is 14.7 Å². The molecule has 0 spiro atoms. The van der Waals surface area contributed by atoms with E-state index in [1.54, 1.807) is 7.05 Å². The van der Waals surface area contributed by atoms with Crippen LogP contribution in [0.2, 0.25) is 0 Å². The Morgan fingerprint density at radius 3 is 2.57 bits per heavy atom. The molecule has 1 amide bonds. The Bertz CT molecular complexity index is 373. The van der Waals surface area contributed by atoms with E-state index in [1.807, 2.05) is 13.8 Å². The first-order valence-electron chi connectivity index (χ1n) is 7.81. The zero-order valence-corrected chi connectivity index (χ0v) is 13.3. The summed E-state index contributed by atoms with van der Waals surface area (Å²) < 4.78 is 0. The van der Waals surface area contributed by atoms with E-state index in [2.05, 4.69) is 10.6 Å². The third-order valence-electron chi connectivity index (χ3n) is 4.49. The molecule has 0 radical (unpaired) electrons. The summed E-state index contributed by atoms with van der Waals surface area (Å²) in [6.07, 6.45) is 4.79. The van der Waals surface area contributed by atoms with Crippen LogP contribution in [-0.4, -0.2) is 41.7 Å². The largest absolute Gasteiger partial charge is 0.480 e. The fourth-order valence-electron chi connectivity index (χ4n) is 3.51. The molecule has 0 saturated heterocycles. The van der Waals surface area contributed by atoms with Gasteiger partial charge in [-0.05, 0) is 52.5 Å². The van der Waals surface area contributed by atoms with E-state index >= 15 is 0 Å². The number of hydrogen-bond donors (Lipinski definition) is 4. The number of carboxylic acids is 1. The predicted octanol–water partition coefficient (Wildman–Crippen LogP) is 0.852. The SMILES string of the molecule is CNC(CCCC1CCCC1(NC(C)C)C(=O)O)C(N)=O. The van der Waals surface area contributed by atoms with Gasteiger partial charge in [-0.1, -0.05) is 12.8 Å².